The molecule has 0 saturated carbocycles. The molecule has 0 atom stereocenters. The van der Waals surface area contributed by atoms with E-state index in [1.807, 2.05) is 49.6 Å². The van der Waals surface area contributed by atoms with Crippen LogP contribution in [0.4, 0.5) is 4.39 Å². The Kier molecular flexibility index (Phi) is 5.50. The zero-order valence-corrected chi connectivity index (χ0v) is 19.9. The fourth-order valence-electron chi connectivity index (χ4n) is 4.54. The maximum absolute atomic E-state index is 14.1. The van der Waals surface area contributed by atoms with Crippen LogP contribution in [0.1, 0.15) is 18.1 Å². The van der Waals surface area contributed by atoms with Crippen LogP contribution >= 0.6 is 0 Å². The smallest absolute Gasteiger partial charge is 0.138 e. The highest BCUT2D eigenvalue weighted by Gasteiger charge is 2.16. The van der Waals surface area contributed by atoms with Gasteiger partial charge in [0, 0.05) is 36.1 Å². The lowest BCUT2D eigenvalue weighted by Crippen LogP contribution is -2.11. The van der Waals surface area contributed by atoms with Gasteiger partial charge in [0.25, 0.3) is 0 Å². The number of hydrogen-bond donors (Lipinski definition) is 3. The Bertz CT molecular complexity index is 1700. The molecule has 6 rings (SSSR count). The predicted molar refractivity (Wildman–Crippen MR) is 140 cm³/mol. The topological polar surface area (TPSA) is 95.2 Å². The van der Waals surface area contributed by atoms with Crippen molar-refractivity contribution in [3.8, 4) is 33.8 Å². The summed E-state index contributed by atoms with van der Waals surface area (Å²) < 4.78 is 14.1. The van der Waals surface area contributed by atoms with E-state index < -0.39 is 0 Å². The summed E-state index contributed by atoms with van der Waals surface area (Å²) in [6.45, 7) is 5.62. The van der Waals surface area contributed by atoms with E-state index in [-0.39, 0.29) is 5.82 Å². The Balaban J connectivity index is 1.44. The molecule has 0 aliphatic carbocycles. The Labute approximate surface area is 206 Å². The van der Waals surface area contributed by atoms with Crippen molar-refractivity contribution in [3.63, 3.8) is 0 Å². The maximum Gasteiger partial charge on any atom is 0.138 e. The van der Waals surface area contributed by atoms with Gasteiger partial charge in [-0.05, 0) is 78.2 Å². The van der Waals surface area contributed by atoms with Crippen molar-refractivity contribution in [1.29, 1.82) is 0 Å². The number of nitrogens with one attached hydrogen (secondary N) is 3. The van der Waals surface area contributed by atoms with Crippen molar-refractivity contribution in [3.05, 3.63) is 84.1 Å². The number of hydrogen-bond acceptors (Lipinski definition) is 5. The number of halogens is 1. The Morgan fingerprint density at radius 1 is 1.00 bits per heavy atom. The van der Waals surface area contributed by atoms with Crippen molar-refractivity contribution in [2.75, 3.05) is 6.54 Å². The molecule has 0 aliphatic heterocycles. The number of fused-ring (bicyclic) bond motifs is 2. The minimum atomic E-state index is -0.259. The summed E-state index contributed by atoms with van der Waals surface area (Å²) in [7, 11) is 0. The molecule has 0 radical (unpaired) electrons. The van der Waals surface area contributed by atoms with Crippen LogP contribution < -0.4 is 5.32 Å². The van der Waals surface area contributed by atoms with Crippen molar-refractivity contribution in [1.82, 2.24) is 35.5 Å². The van der Waals surface area contributed by atoms with Crippen LogP contribution in [0.2, 0.25) is 0 Å². The first-order valence-corrected chi connectivity index (χ1v) is 11.8. The zero-order chi connectivity index (χ0) is 24.6. The molecule has 0 unspecified atom stereocenters. The van der Waals surface area contributed by atoms with Crippen LogP contribution in [0.3, 0.4) is 0 Å². The average molecular weight is 478 g/mol. The van der Waals surface area contributed by atoms with Crippen LogP contribution in [-0.4, -0.2) is 36.7 Å². The average Bonchev–Trinajstić information content (AvgIpc) is 3.50. The summed E-state index contributed by atoms with van der Waals surface area (Å²) in [6, 6.07) is 15.0. The van der Waals surface area contributed by atoms with Gasteiger partial charge in [-0.3, -0.25) is 10.1 Å². The molecule has 178 valence electrons. The van der Waals surface area contributed by atoms with Crippen molar-refractivity contribution in [2.24, 2.45) is 0 Å². The number of aromatic amines is 2. The summed E-state index contributed by atoms with van der Waals surface area (Å²) in [5.74, 6) is -0.259. The Morgan fingerprint density at radius 3 is 2.78 bits per heavy atom. The number of nitrogens with zero attached hydrogens (tertiary/aromatic N) is 4. The van der Waals surface area contributed by atoms with Gasteiger partial charge in [0.05, 0.1) is 16.9 Å². The SMILES string of the molecule is CCNCc1cncc(-c2ccc3[nH]nc(-c4cc5c(-c6cc(C)cc(F)c6)ccnc5[nH]4)c3n2)c1. The normalized spacial score (nSPS) is 11.5. The minimum absolute atomic E-state index is 0.259. The van der Waals surface area contributed by atoms with Crippen molar-refractivity contribution < 1.29 is 4.39 Å². The van der Waals surface area contributed by atoms with Gasteiger partial charge in [-0.15, -0.1) is 0 Å². The highest BCUT2D eigenvalue weighted by Crippen LogP contribution is 2.34. The minimum Gasteiger partial charge on any atom is -0.338 e. The molecule has 0 aliphatic rings. The molecule has 0 saturated heterocycles. The van der Waals surface area contributed by atoms with Crippen molar-refractivity contribution >= 4 is 22.1 Å². The van der Waals surface area contributed by atoms with Gasteiger partial charge in [0.15, 0.2) is 0 Å². The zero-order valence-electron chi connectivity index (χ0n) is 19.9. The van der Waals surface area contributed by atoms with E-state index in [1.54, 1.807) is 12.3 Å². The third-order valence-corrected chi connectivity index (χ3v) is 6.22. The van der Waals surface area contributed by atoms with Gasteiger partial charge in [0.2, 0.25) is 0 Å². The van der Waals surface area contributed by atoms with Crippen molar-refractivity contribution in [2.45, 2.75) is 20.4 Å². The number of pyridine rings is 3. The first-order chi connectivity index (χ1) is 17.6. The molecule has 6 aromatic rings. The molecular weight excluding hydrogens is 453 g/mol. The van der Waals surface area contributed by atoms with E-state index in [4.69, 9.17) is 4.98 Å². The second-order valence-corrected chi connectivity index (χ2v) is 8.85. The van der Waals surface area contributed by atoms with E-state index in [2.05, 4.69) is 43.5 Å². The summed E-state index contributed by atoms with van der Waals surface area (Å²) >= 11 is 0. The van der Waals surface area contributed by atoms with Gasteiger partial charge >= 0.3 is 0 Å². The Morgan fingerprint density at radius 2 is 1.92 bits per heavy atom. The van der Waals surface area contributed by atoms with Crippen LogP contribution in [0.5, 0.6) is 0 Å². The standard InChI is InChI=1S/C28H24FN7/c1-3-30-13-17-10-19(15-31-14-17)23-4-5-24-26(33-23)27(36-35-24)25-12-22-21(6-7-32-28(22)34-25)18-8-16(2)9-20(29)11-18/h4-12,14-15,30H,3,13H2,1-2H3,(H,32,34)(H,35,36). The Hall–Kier alpha value is -4.43. The molecular formula is C28H24FN7. The van der Waals surface area contributed by atoms with Gasteiger partial charge in [0.1, 0.15) is 22.7 Å². The number of benzene rings is 1. The van der Waals surface area contributed by atoms with Gasteiger partial charge in [-0.2, -0.15) is 5.10 Å². The highest BCUT2D eigenvalue weighted by molar-refractivity contribution is 5.99. The van der Waals surface area contributed by atoms with E-state index in [9.17, 15) is 4.39 Å². The fourth-order valence-corrected chi connectivity index (χ4v) is 4.54. The second-order valence-electron chi connectivity index (χ2n) is 8.85. The molecule has 5 heterocycles. The van der Waals surface area contributed by atoms with E-state index in [0.717, 1.165) is 68.7 Å². The monoisotopic (exact) mass is 477 g/mol. The molecule has 5 aromatic heterocycles. The second kappa shape index (κ2) is 8.98. The number of aryl methyl sites for hydroxylation is 1. The molecule has 1 aromatic carbocycles. The van der Waals surface area contributed by atoms with E-state index >= 15 is 0 Å². The highest BCUT2D eigenvalue weighted by atomic mass is 19.1. The quantitative estimate of drug-likeness (QED) is 0.282. The summed E-state index contributed by atoms with van der Waals surface area (Å²) in [6.07, 6.45) is 5.41. The van der Waals surface area contributed by atoms with Crippen LogP contribution in [0, 0.1) is 12.7 Å². The first kappa shape index (κ1) is 22.1. The number of H-pyrrole nitrogens is 2. The molecule has 8 heteroatoms. The van der Waals surface area contributed by atoms with Gasteiger partial charge < -0.3 is 10.3 Å². The molecule has 0 fully saturated rings. The lowest BCUT2D eigenvalue weighted by atomic mass is 10.0. The largest absolute Gasteiger partial charge is 0.338 e. The molecule has 0 bridgehead atoms. The lowest BCUT2D eigenvalue weighted by molar-refractivity contribution is 0.627. The van der Waals surface area contributed by atoms with Crippen LogP contribution in [0.25, 0.3) is 55.8 Å². The molecule has 3 N–H and O–H groups in total. The third kappa shape index (κ3) is 4.01. The maximum atomic E-state index is 14.1. The summed E-state index contributed by atoms with van der Waals surface area (Å²) in [5.41, 5.74) is 9.22. The third-order valence-electron chi connectivity index (χ3n) is 6.22. The molecule has 36 heavy (non-hydrogen) atoms. The summed E-state index contributed by atoms with van der Waals surface area (Å²) in [4.78, 5) is 17.2. The van der Waals surface area contributed by atoms with Gasteiger partial charge in [-0.25, -0.2) is 14.4 Å². The van der Waals surface area contributed by atoms with Gasteiger partial charge in [-0.1, -0.05) is 13.0 Å². The lowest BCUT2D eigenvalue weighted by Gasteiger charge is -2.05. The van der Waals surface area contributed by atoms with Crippen LogP contribution in [-0.2, 0) is 6.54 Å². The first-order valence-electron chi connectivity index (χ1n) is 11.8. The predicted octanol–water partition coefficient (Wildman–Crippen LogP) is 5.79. The van der Waals surface area contributed by atoms with E-state index in [1.165, 1.54) is 6.07 Å². The number of rotatable bonds is 6. The summed E-state index contributed by atoms with van der Waals surface area (Å²) in [5, 5.41) is 11.9. The van der Waals surface area contributed by atoms with Crippen LogP contribution in [0.15, 0.2) is 67.1 Å². The van der Waals surface area contributed by atoms with E-state index in [0.29, 0.717) is 11.3 Å². The fraction of sp³-hybridized carbons (Fsp3) is 0.143. The molecule has 0 spiro atoms. The molecule has 7 nitrogen and oxygen atoms in total. The number of aromatic nitrogens is 6. The molecule has 0 amide bonds.